The lowest BCUT2D eigenvalue weighted by Gasteiger charge is -2.17. The topological polar surface area (TPSA) is 74.9 Å². The lowest BCUT2D eigenvalue weighted by molar-refractivity contribution is -0.137. The van der Waals surface area contributed by atoms with Gasteiger partial charge in [0.25, 0.3) is 5.91 Å². The molecule has 0 bridgehead atoms. The Kier molecular flexibility index (Phi) is 3.61. The van der Waals surface area contributed by atoms with Crippen LogP contribution in [0.1, 0.15) is 10.5 Å². The largest absolute Gasteiger partial charge is 0.480 e. The number of imidazole rings is 1. The Morgan fingerprint density at radius 1 is 1.47 bits per heavy atom. The first-order valence-corrected chi connectivity index (χ1v) is 5.67. The zero-order valence-electron chi connectivity index (χ0n) is 10.2. The zero-order valence-corrected chi connectivity index (χ0v) is 10.2. The molecule has 0 atom stereocenters. The van der Waals surface area contributed by atoms with E-state index in [2.05, 4.69) is 11.6 Å². The third-order valence-electron chi connectivity index (χ3n) is 2.55. The Morgan fingerprint density at radius 3 is 2.89 bits per heavy atom. The normalized spacial score (nSPS) is 10.3. The van der Waals surface area contributed by atoms with Crippen molar-refractivity contribution in [3.05, 3.63) is 48.9 Å². The number of hydrogen-bond acceptors (Lipinski definition) is 3. The molecule has 0 fully saturated rings. The molecule has 0 unspecified atom stereocenters. The Hall–Kier alpha value is -2.63. The van der Waals surface area contributed by atoms with Gasteiger partial charge in [-0.05, 0) is 12.1 Å². The molecule has 6 heteroatoms. The van der Waals surface area contributed by atoms with E-state index in [-0.39, 0.29) is 18.8 Å². The lowest BCUT2D eigenvalue weighted by atomic mass is 10.3. The molecule has 2 rings (SSSR count). The average Bonchev–Trinajstić information content (AvgIpc) is 2.80. The number of aromatic nitrogens is 2. The molecule has 0 aliphatic rings. The molecule has 6 nitrogen and oxygen atoms in total. The molecule has 19 heavy (non-hydrogen) atoms. The first-order valence-electron chi connectivity index (χ1n) is 5.67. The fourth-order valence-electron chi connectivity index (χ4n) is 1.74. The van der Waals surface area contributed by atoms with Gasteiger partial charge in [-0.2, -0.15) is 0 Å². The van der Waals surface area contributed by atoms with Gasteiger partial charge in [0.15, 0.2) is 0 Å². The van der Waals surface area contributed by atoms with Crippen LogP contribution in [0.2, 0.25) is 0 Å². The van der Waals surface area contributed by atoms with E-state index in [1.807, 2.05) is 12.1 Å². The van der Waals surface area contributed by atoms with Crippen LogP contribution in [-0.2, 0) is 4.79 Å². The van der Waals surface area contributed by atoms with E-state index in [1.165, 1.54) is 11.0 Å². The van der Waals surface area contributed by atoms with E-state index in [9.17, 15) is 9.59 Å². The smallest absolute Gasteiger partial charge is 0.323 e. The third kappa shape index (κ3) is 2.79. The summed E-state index contributed by atoms with van der Waals surface area (Å²) in [7, 11) is 0. The standard InChI is InChI=1S/C13H13N3O3/c1-2-6-16(9-12(17)18)13(19)10-8-15-7-4-3-5-11(15)14-10/h2-5,7-8H,1,6,9H2,(H,17,18). The van der Waals surface area contributed by atoms with Gasteiger partial charge in [0.2, 0.25) is 0 Å². The second-order valence-electron chi connectivity index (χ2n) is 3.96. The second kappa shape index (κ2) is 5.34. The maximum Gasteiger partial charge on any atom is 0.323 e. The van der Waals surface area contributed by atoms with Gasteiger partial charge >= 0.3 is 5.97 Å². The summed E-state index contributed by atoms with van der Waals surface area (Å²) < 4.78 is 1.71. The molecule has 1 amide bonds. The molecule has 0 saturated heterocycles. The molecule has 0 saturated carbocycles. The van der Waals surface area contributed by atoms with Crippen LogP contribution in [0.15, 0.2) is 43.2 Å². The number of nitrogens with zero attached hydrogens (tertiary/aromatic N) is 3. The summed E-state index contributed by atoms with van der Waals surface area (Å²) in [6.45, 7) is 3.30. The molecule has 98 valence electrons. The van der Waals surface area contributed by atoms with E-state index in [0.717, 1.165) is 0 Å². The molecule has 1 N–H and O–H groups in total. The van der Waals surface area contributed by atoms with Crippen LogP contribution in [0.3, 0.4) is 0 Å². The average molecular weight is 259 g/mol. The van der Waals surface area contributed by atoms with Crippen LogP contribution in [0, 0.1) is 0 Å². The number of carboxylic acids is 1. The molecule has 2 aromatic rings. The number of carbonyl (C=O) groups excluding carboxylic acids is 1. The van der Waals surface area contributed by atoms with Crippen molar-refractivity contribution in [3.8, 4) is 0 Å². The number of hydrogen-bond donors (Lipinski definition) is 1. The number of pyridine rings is 1. The van der Waals surface area contributed by atoms with Crippen molar-refractivity contribution < 1.29 is 14.7 Å². The number of amides is 1. The summed E-state index contributed by atoms with van der Waals surface area (Å²) in [5.41, 5.74) is 0.856. The summed E-state index contributed by atoms with van der Waals surface area (Å²) in [5, 5.41) is 8.79. The minimum Gasteiger partial charge on any atom is -0.480 e. The van der Waals surface area contributed by atoms with Crippen molar-refractivity contribution in [1.82, 2.24) is 14.3 Å². The summed E-state index contributed by atoms with van der Waals surface area (Å²) in [6, 6.07) is 5.41. The van der Waals surface area contributed by atoms with Crippen LogP contribution in [-0.4, -0.2) is 44.4 Å². The van der Waals surface area contributed by atoms with Gasteiger partial charge in [-0.15, -0.1) is 6.58 Å². The number of aliphatic carboxylic acids is 1. The number of fused-ring (bicyclic) bond motifs is 1. The first-order chi connectivity index (χ1) is 9.11. The number of rotatable bonds is 5. The fraction of sp³-hybridized carbons (Fsp3) is 0.154. The highest BCUT2D eigenvalue weighted by Gasteiger charge is 2.19. The Morgan fingerprint density at radius 2 is 2.26 bits per heavy atom. The summed E-state index contributed by atoms with van der Waals surface area (Å²) in [6.07, 6.45) is 4.83. The SMILES string of the molecule is C=CCN(CC(=O)O)C(=O)c1cn2ccccc2n1. The predicted molar refractivity (Wildman–Crippen MR) is 68.9 cm³/mol. The van der Waals surface area contributed by atoms with Gasteiger partial charge in [0, 0.05) is 18.9 Å². The van der Waals surface area contributed by atoms with E-state index < -0.39 is 11.9 Å². The first kappa shape index (κ1) is 12.8. The summed E-state index contributed by atoms with van der Waals surface area (Å²) in [5.74, 6) is -1.50. The number of carboxylic acid groups (broad SMARTS) is 1. The monoisotopic (exact) mass is 259 g/mol. The van der Waals surface area contributed by atoms with Crippen molar-refractivity contribution in [2.45, 2.75) is 0 Å². The van der Waals surface area contributed by atoms with E-state index >= 15 is 0 Å². The summed E-state index contributed by atoms with van der Waals surface area (Å²) in [4.78, 5) is 28.3. The van der Waals surface area contributed by atoms with Crippen LogP contribution in [0.25, 0.3) is 5.65 Å². The van der Waals surface area contributed by atoms with Crippen LogP contribution in [0.5, 0.6) is 0 Å². The molecule has 0 radical (unpaired) electrons. The van der Waals surface area contributed by atoms with Gasteiger partial charge in [0.05, 0.1) is 0 Å². The minimum atomic E-state index is -1.07. The van der Waals surface area contributed by atoms with E-state index in [1.54, 1.807) is 22.9 Å². The van der Waals surface area contributed by atoms with Gasteiger partial charge in [0.1, 0.15) is 17.9 Å². The molecule has 2 aromatic heterocycles. The van der Waals surface area contributed by atoms with Crippen LogP contribution >= 0.6 is 0 Å². The molecular weight excluding hydrogens is 246 g/mol. The quantitative estimate of drug-likeness (QED) is 0.814. The maximum absolute atomic E-state index is 12.2. The van der Waals surface area contributed by atoms with E-state index in [4.69, 9.17) is 5.11 Å². The molecular formula is C13H13N3O3. The highest BCUT2D eigenvalue weighted by atomic mass is 16.4. The van der Waals surface area contributed by atoms with Crippen molar-refractivity contribution >= 4 is 17.5 Å². The predicted octanol–water partition coefficient (Wildman–Crippen LogP) is 1.05. The van der Waals surface area contributed by atoms with Gasteiger partial charge in [-0.1, -0.05) is 12.1 Å². The molecule has 0 spiro atoms. The maximum atomic E-state index is 12.2. The third-order valence-corrected chi connectivity index (χ3v) is 2.55. The molecule has 0 aliphatic carbocycles. The summed E-state index contributed by atoms with van der Waals surface area (Å²) >= 11 is 0. The zero-order chi connectivity index (χ0) is 13.8. The van der Waals surface area contributed by atoms with E-state index in [0.29, 0.717) is 5.65 Å². The second-order valence-corrected chi connectivity index (χ2v) is 3.96. The minimum absolute atomic E-state index is 0.166. The van der Waals surface area contributed by atoms with Crippen molar-refractivity contribution in [3.63, 3.8) is 0 Å². The number of carbonyl (C=O) groups is 2. The van der Waals surface area contributed by atoms with Crippen LogP contribution in [0.4, 0.5) is 0 Å². The van der Waals surface area contributed by atoms with Gasteiger partial charge < -0.3 is 14.4 Å². The fourth-order valence-corrected chi connectivity index (χ4v) is 1.74. The molecule has 0 aliphatic heterocycles. The Labute approximate surface area is 109 Å². The Balaban J connectivity index is 2.29. The van der Waals surface area contributed by atoms with Crippen LogP contribution < -0.4 is 0 Å². The molecule has 2 heterocycles. The van der Waals surface area contributed by atoms with Crippen molar-refractivity contribution in [1.29, 1.82) is 0 Å². The van der Waals surface area contributed by atoms with Gasteiger partial charge in [-0.3, -0.25) is 9.59 Å². The highest BCUT2D eigenvalue weighted by Crippen LogP contribution is 2.07. The Bertz CT molecular complexity index is 600. The van der Waals surface area contributed by atoms with Gasteiger partial charge in [-0.25, -0.2) is 4.98 Å². The molecule has 0 aromatic carbocycles. The van der Waals surface area contributed by atoms with Crippen molar-refractivity contribution in [2.75, 3.05) is 13.1 Å². The highest BCUT2D eigenvalue weighted by molar-refractivity contribution is 5.94. The lowest BCUT2D eigenvalue weighted by Crippen LogP contribution is -2.35. The van der Waals surface area contributed by atoms with Crippen molar-refractivity contribution in [2.24, 2.45) is 0 Å².